The zero-order chi connectivity index (χ0) is 16.8. The van der Waals surface area contributed by atoms with Crippen LogP contribution in [0.3, 0.4) is 0 Å². The minimum Gasteiger partial charge on any atom is -0.440 e. The van der Waals surface area contributed by atoms with Gasteiger partial charge < -0.3 is 14.8 Å². The molecule has 0 unspecified atom stereocenters. The van der Waals surface area contributed by atoms with Gasteiger partial charge >= 0.3 is 6.18 Å². The minimum atomic E-state index is -4.49. The molecule has 0 spiro atoms. The molecule has 1 aliphatic rings. The predicted octanol–water partition coefficient (Wildman–Crippen LogP) is 3.58. The molecule has 3 rings (SSSR count). The number of halogens is 3. The number of rotatable bonds is 4. The van der Waals surface area contributed by atoms with Crippen LogP contribution in [-0.4, -0.2) is 22.2 Å². The maximum absolute atomic E-state index is 13.3. The number of hydrogen-bond donors (Lipinski definition) is 2. The van der Waals surface area contributed by atoms with E-state index in [0.717, 1.165) is 6.07 Å². The highest BCUT2D eigenvalue weighted by atomic mass is 19.4. The average molecular weight is 328 g/mol. The van der Waals surface area contributed by atoms with Crippen molar-refractivity contribution in [3.8, 4) is 0 Å². The van der Waals surface area contributed by atoms with E-state index in [1.165, 1.54) is 0 Å². The van der Waals surface area contributed by atoms with Gasteiger partial charge in [-0.2, -0.15) is 13.2 Å². The van der Waals surface area contributed by atoms with Crippen LogP contribution in [0.25, 0.3) is 11.1 Å². The fourth-order valence-electron chi connectivity index (χ4n) is 2.68. The molecule has 1 aromatic heterocycles. The number of aliphatic hydroxyl groups excluding tert-OH is 1. The van der Waals surface area contributed by atoms with E-state index in [1.807, 2.05) is 13.8 Å². The summed E-state index contributed by atoms with van der Waals surface area (Å²) in [4.78, 5) is 4.19. The van der Waals surface area contributed by atoms with Crippen molar-refractivity contribution in [1.29, 1.82) is 0 Å². The van der Waals surface area contributed by atoms with Gasteiger partial charge in [-0.3, -0.25) is 0 Å². The first kappa shape index (κ1) is 16.3. The molecule has 0 amide bonds. The maximum atomic E-state index is 13.3. The normalized spacial score (nSPS) is 21.9. The summed E-state index contributed by atoms with van der Waals surface area (Å²) in [6.45, 7) is 3.95. The first-order valence-corrected chi connectivity index (χ1v) is 7.66. The van der Waals surface area contributed by atoms with Crippen molar-refractivity contribution in [3.05, 3.63) is 29.2 Å². The zero-order valence-corrected chi connectivity index (χ0v) is 12.9. The molecule has 0 atom stereocenters. The summed E-state index contributed by atoms with van der Waals surface area (Å²) in [5.41, 5.74) is -0.257. The third-order valence-corrected chi connectivity index (χ3v) is 4.07. The highest BCUT2D eigenvalue weighted by Gasteiger charge is 2.35. The molecule has 126 valence electrons. The Morgan fingerprint density at radius 2 is 2.04 bits per heavy atom. The number of aromatic nitrogens is 1. The average Bonchev–Trinajstić information content (AvgIpc) is 2.84. The van der Waals surface area contributed by atoms with Gasteiger partial charge in [0.2, 0.25) is 0 Å². The summed E-state index contributed by atoms with van der Waals surface area (Å²) < 4.78 is 45.2. The number of hydrogen-bond acceptors (Lipinski definition) is 4. The van der Waals surface area contributed by atoms with E-state index in [2.05, 4.69) is 10.3 Å². The Hall–Kier alpha value is -1.60. The van der Waals surface area contributed by atoms with E-state index in [4.69, 9.17) is 4.42 Å². The van der Waals surface area contributed by atoms with Gasteiger partial charge in [-0.15, -0.1) is 0 Å². The molecule has 1 fully saturated rings. The molecule has 7 heteroatoms. The number of benzene rings is 1. The van der Waals surface area contributed by atoms with Gasteiger partial charge in [0.25, 0.3) is 0 Å². The highest BCUT2D eigenvalue weighted by molar-refractivity contribution is 5.78. The number of nitrogens with one attached hydrogen (secondary N) is 1. The van der Waals surface area contributed by atoms with Crippen molar-refractivity contribution in [2.24, 2.45) is 0 Å². The molecule has 1 heterocycles. The number of alkyl halides is 3. The third kappa shape index (κ3) is 3.35. The topological polar surface area (TPSA) is 58.3 Å². The molecule has 1 aliphatic carbocycles. The first-order chi connectivity index (χ1) is 10.7. The lowest BCUT2D eigenvalue weighted by atomic mass is 9.89. The van der Waals surface area contributed by atoms with Crippen LogP contribution >= 0.6 is 0 Å². The molecule has 1 aromatic carbocycles. The van der Waals surface area contributed by atoms with Crippen LogP contribution in [0.4, 0.5) is 13.2 Å². The summed E-state index contributed by atoms with van der Waals surface area (Å²) in [6, 6.07) is 2.89. The van der Waals surface area contributed by atoms with Crippen LogP contribution < -0.4 is 5.32 Å². The van der Waals surface area contributed by atoms with E-state index in [0.29, 0.717) is 30.8 Å². The number of fused-ring (bicyclic) bond motifs is 1. The molecule has 0 bridgehead atoms. The third-order valence-electron chi connectivity index (χ3n) is 4.07. The molecular weight excluding hydrogens is 309 g/mol. The van der Waals surface area contributed by atoms with Crippen LogP contribution in [0.15, 0.2) is 16.5 Å². The first-order valence-electron chi connectivity index (χ1n) is 7.66. The lowest BCUT2D eigenvalue weighted by molar-refractivity contribution is -0.136. The Morgan fingerprint density at radius 3 is 2.61 bits per heavy atom. The van der Waals surface area contributed by atoms with Gasteiger partial charge in [-0.1, -0.05) is 13.8 Å². The van der Waals surface area contributed by atoms with Crippen molar-refractivity contribution in [1.82, 2.24) is 10.3 Å². The number of aliphatic hydroxyl groups is 1. The van der Waals surface area contributed by atoms with Gasteiger partial charge in [0.1, 0.15) is 11.1 Å². The van der Waals surface area contributed by atoms with Gasteiger partial charge in [-0.05, 0) is 30.5 Å². The molecule has 1 saturated carbocycles. The van der Waals surface area contributed by atoms with Crippen LogP contribution in [0.5, 0.6) is 0 Å². The second kappa shape index (κ2) is 5.79. The van der Waals surface area contributed by atoms with Crippen LogP contribution in [0.2, 0.25) is 0 Å². The van der Waals surface area contributed by atoms with Crippen molar-refractivity contribution in [2.75, 3.05) is 0 Å². The number of nitrogens with zero attached hydrogens (tertiary/aromatic N) is 1. The smallest absolute Gasteiger partial charge is 0.420 e. The molecule has 23 heavy (non-hydrogen) atoms. The second-order valence-corrected chi connectivity index (χ2v) is 6.40. The fourth-order valence-corrected chi connectivity index (χ4v) is 2.68. The second-order valence-electron chi connectivity index (χ2n) is 6.40. The maximum Gasteiger partial charge on any atom is 0.420 e. The lowest BCUT2D eigenvalue weighted by Crippen LogP contribution is -2.43. The van der Waals surface area contributed by atoms with Crippen LogP contribution in [0, 0.1) is 0 Å². The van der Waals surface area contributed by atoms with E-state index < -0.39 is 11.7 Å². The van der Waals surface area contributed by atoms with Crippen molar-refractivity contribution in [2.45, 2.75) is 57.5 Å². The Bertz CT molecular complexity index is 703. The lowest BCUT2D eigenvalue weighted by Gasteiger charge is -2.32. The van der Waals surface area contributed by atoms with Crippen molar-refractivity contribution < 1.29 is 22.7 Å². The molecule has 0 aliphatic heterocycles. The summed E-state index contributed by atoms with van der Waals surface area (Å²) in [5.74, 6) is 0.222. The molecule has 2 N–H and O–H groups in total. The summed E-state index contributed by atoms with van der Waals surface area (Å²) >= 11 is 0. The Morgan fingerprint density at radius 1 is 1.35 bits per heavy atom. The SMILES string of the molecule is CC(C)c1nc2cc(CNC3CC(O)C3)cc(C(F)(F)F)c2o1. The summed E-state index contributed by atoms with van der Waals surface area (Å²) in [5, 5.41) is 12.4. The quantitative estimate of drug-likeness (QED) is 0.901. The van der Waals surface area contributed by atoms with E-state index in [1.54, 1.807) is 6.07 Å². The Kier molecular flexibility index (Phi) is 4.10. The van der Waals surface area contributed by atoms with Crippen LogP contribution in [0.1, 0.15) is 49.6 Å². The van der Waals surface area contributed by atoms with Gasteiger partial charge in [0, 0.05) is 18.5 Å². The molecule has 0 saturated heterocycles. The monoisotopic (exact) mass is 328 g/mol. The zero-order valence-electron chi connectivity index (χ0n) is 12.9. The largest absolute Gasteiger partial charge is 0.440 e. The standard InChI is InChI=1S/C16H19F3N2O2/c1-8(2)15-21-13-4-9(7-20-10-5-11(22)6-10)3-12(14(13)23-15)16(17,18)19/h3-4,8,10-11,20,22H,5-7H2,1-2H3. The van der Waals surface area contributed by atoms with Crippen molar-refractivity contribution in [3.63, 3.8) is 0 Å². The summed E-state index contributed by atoms with van der Waals surface area (Å²) in [6.07, 6.45) is -3.52. The Labute approximate surface area is 131 Å². The van der Waals surface area contributed by atoms with E-state index in [9.17, 15) is 18.3 Å². The minimum absolute atomic E-state index is 0.0819. The molecule has 0 radical (unpaired) electrons. The van der Waals surface area contributed by atoms with Crippen molar-refractivity contribution >= 4 is 11.1 Å². The van der Waals surface area contributed by atoms with Gasteiger partial charge in [0.05, 0.1) is 6.10 Å². The Balaban J connectivity index is 1.92. The molecule has 2 aromatic rings. The van der Waals surface area contributed by atoms with Gasteiger partial charge in [0.15, 0.2) is 11.5 Å². The summed E-state index contributed by atoms with van der Waals surface area (Å²) in [7, 11) is 0. The van der Waals surface area contributed by atoms with E-state index >= 15 is 0 Å². The molecule has 4 nitrogen and oxygen atoms in total. The fraction of sp³-hybridized carbons (Fsp3) is 0.562. The van der Waals surface area contributed by atoms with Gasteiger partial charge in [-0.25, -0.2) is 4.98 Å². The highest BCUT2D eigenvalue weighted by Crippen LogP contribution is 2.37. The molecular formula is C16H19F3N2O2. The number of oxazole rings is 1. The van der Waals surface area contributed by atoms with E-state index in [-0.39, 0.29) is 29.2 Å². The van der Waals surface area contributed by atoms with Crippen LogP contribution in [-0.2, 0) is 12.7 Å². The predicted molar refractivity (Wildman–Crippen MR) is 79.0 cm³/mol.